The molecule has 0 amide bonds. The van der Waals surface area contributed by atoms with Crippen molar-refractivity contribution in [3.63, 3.8) is 0 Å². The highest BCUT2D eigenvalue weighted by atomic mass is 35.5. The molecule has 0 radical (unpaired) electrons. The van der Waals surface area contributed by atoms with Gasteiger partial charge < -0.3 is 12.4 Å². The summed E-state index contributed by atoms with van der Waals surface area (Å²) in [6, 6.07) is 0. The Morgan fingerprint density at radius 3 is 2.57 bits per heavy atom. The van der Waals surface area contributed by atoms with E-state index >= 15 is 0 Å². The van der Waals surface area contributed by atoms with Gasteiger partial charge in [0.05, 0.1) is 12.7 Å². The molecule has 1 aliphatic rings. The number of quaternary nitrogens is 1. The van der Waals surface area contributed by atoms with Gasteiger partial charge in [0.25, 0.3) is 0 Å². The maximum absolute atomic E-state index is 2.29. The van der Waals surface area contributed by atoms with Crippen molar-refractivity contribution in [1.82, 2.24) is 0 Å². The quantitative estimate of drug-likeness (QED) is 0.558. The zero-order valence-corrected chi connectivity index (χ0v) is 10.1. The number of allylic oxidation sites excluding steroid dienone is 3. The van der Waals surface area contributed by atoms with E-state index < -0.39 is 0 Å². The van der Waals surface area contributed by atoms with Gasteiger partial charge in [0.1, 0.15) is 5.70 Å². The Labute approximate surface area is 94.3 Å². The first-order valence-electron chi connectivity index (χ1n) is 5.62. The topological polar surface area (TPSA) is 4.44 Å². The van der Waals surface area contributed by atoms with Crippen LogP contribution in [-0.2, 0) is 0 Å². The average molecular weight is 216 g/mol. The first-order chi connectivity index (χ1) is 6.38. The Balaban J connectivity index is 0.00000169. The van der Waals surface area contributed by atoms with Crippen LogP contribution in [0.3, 0.4) is 0 Å². The van der Waals surface area contributed by atoms with Crippen LogP contribution >= 0.6 is 0 Å². The van der Waals surface area contributed by atoms with Crippen molar-refractivity contribution in [1.29, 1.82) is 0 Å². The molecule has 1 rings (SSSR count). The molecular formula is C12H22ClN. The second-order valence-electron chi connectivity index (χ2n) is 3.78. The highest BCUT2D eigenvalue weighted by Crippen LogP contribution is 2.01. The van der Waals surface area contributed by atoms with Gasteiger partial charge in [-0.1, -0.05) is 20.3 Å². The van der Waals surface area contributed by atoms with Crippen molar-refractivity contribution in [2.45, 2.75) is 46.0 Å². The number of nitrogens with one attached hydrogen (secondary N) is 1. The van der Waals surface area contributed by atoms with Gasteiger partial charge in [-0.3, -0.25) is 4.90 Å². The molecule has 1 unspecified atom stereocenters. The third-order valence-corrected chi connectivity index (χ3v) is 2.58. The van der Waals surface area contributed by atoms with Crippen LogP contribution in [0.25, 0.3) is 0 Å². The smallest absolute Gasteiger partial charge is 0.112 e. The van der Waals surface area contributed by atoms with Crippen LogP contribution in [0.4, 0.5) is 0 Å². The zero-order chi connectivity index (χ0) is 9.52. The summed E-state index contributed by atoms with van der Waals surface area (Å²) in [6.45, 7) is 5.80. The van der Waals surface area contributed by atoms with Crippen LogP contribution in [0.2, 0.25) is 0 Å². The standard InChI is InChI=1S/C12H21N.ClH/c1-3-5-6-10-13-11-7-9-12(13)8-4-2;/h7,9,11H,3-6,8,10H2,1-2H3;1H. The molecule has 1 N–H and O–H groups in total. The summed E-state index contributed by atoms with van der Waals surface area (Å²) in [5.41, 5.74) is 1.58. The lowest BCUT2D eigenvalue weighted by Gasteiger charge is -2.13. The minimum absolute atomic E-state index is 0. The summed E-state index contributed by atoms with van der Waals surface area (Å²) in [5, 5.41) is 0. The average Bonchev–Trinajstić information content (AvgIpc) is 2.54. The molecular weight excluding hydrogens is 194 g/mol. The van der Waals surface area contributed by atoms with Gasteiger partial charge in [-0.2, -0.15) is 0 Å². The minimum atomic E-state index is 0. The molecule has 0 aliphatic carbocycles. The second kappa shape index (κ2) is 8.07. The van der Waals surface area contributed by atoms with Crippen LogP contribution < -0.4 is 17.3 Å². The fourth-order valence-electron chi connectivity index (χ4n) is 1.82. The predicted molar refractivity (Wildman–Crippen MR) is 57.5 cm³/mol. The van der Waals surface area contributed by atoms with E-state index in [0.717, 1.165) is 0 Å². The van der Waals surface area contributed by atoms with Crippen LogP contribution in [0.15, 0.2) is 24.0 Å². The number of rotatable bonds is 6. The third-order valence-electron chi connectivity index (χ3n) is 2.58. The van der Waals surface area contributed by atoms with Crippen molar-refractivity contribution < 1.29 is 17.3 Å². The number of hydrogen-bond donors (Lipinski definition) is 1. The Bertz CT molecular complexity index is 196. The largest absolute Gasteiger partial charge is 1.00 e. The van der Waals surface area contributed by atoms with Crippen LogP contribution in [-0.4, -0.2) is 6.54 Å². The van der Waals surface area contributed by atoms with Crippen molar-refractivity contribution in [2.24, 2.45) is 0 Å². The van der Waals surface area contributed by atoms with Gasteiger partial charge in [-0.25, -0.2) is 0 Å². The summed E-state index contributed by atoms with van der Waals surface area (Å²) in [7, 11) is 0. The van der Waals surface area contributed by atoms with Crippen LogP contribution in [0.1, 0.15) is 46.0 Å². The van der Waals surface area contributed by atoms with Crippen LogP contribution in [0.5, 0.6) is 0 Å². The normalized spacial score (nSPS) is 19.3. The first-order valence-corrected chi connectivity index (χ1v) is 5.62. The fourth-order valence-corrected chi connectivity index (χ4v) is 1.82. The zero-order valence-electron chi connectivity index (χ0n) is 9.35. The van der Waals surface area contributed by atoms with Crippen molar-refractivity contribution in [3.8, 4) is 0 Å². The molecule has 1 nitrogen and oxygen atoms in total. The maximum atomic E-state index is 2.29. The number of hydrogen-bond acceptors (Lipinski definition) is 0. The van der Waals surface area contributed by atoms with Gasteiger partial charge >= 0.3 is 0 Å². The highest BCUT2D eigenvalue weighted by molar-refractivity contribution is 5.10. The molecule has 0 aromatic heterocycles. The Morgan fingerprint density at radius 1 is 1.14 bits per heavy atom. The summed E-state index contributed by atoms with van der Waals surface area (Å²) in [5.74, 6) is 0. The number of unbranched alkanes of at least 4 members (excludes halogenated alkanes) is 2. The lowest BCUT2D eigenvalue weighted by Crippen LogP contribution is -3.04. The Hall–Kier alpha value is -0.270. The molecule has 0 saturated carbocycles. The molecule has 0 spiro atoms. The SMILES string of the molecule is CCCCC[NH+]1C=CC=C1CCC.[Cl-]. The molecule has 2 heteroatoms. The lowest BCUT2D eigenvalue weighted by molar-refractivity contribution is -0.804. The van der Waals surface area contributed by atoms with Crippen LogP contribution in [0, 0.1) is 0 Å². The predicted octanol–water partition coefficient (Wildman–Crippen LogP) is -0.723. The van der Waals surface area contributed by atoms with Gasteiger partial charge in [0.2, 0.25) is 0 Å². The van der Waals surface area contributed by atoms with E-state index in [9.17, 15) is 0 Å². The monoisotopic (exact) mass is 215 g/mol. The maximum Gasteiger partial charge on any atom is 0.112 e. The van der Waals surface area contributed by atoms with Crippen molar-refractivity contribution >= 4 is 0 Å². The molecule has 0 aromatic rings. The van der Waals surface area contributed by atoms with E-state index in [1.165, 1.54) is 38.6 Å². The summed E-state index contributed by atoms with van der Waals surface area (Å²) in [6.07, 6.45) is 13.4. The van der Waals surface area contributed by atoms with E-state index in [1.54, 1.807) is 10.6 Å². The van der Waals surface area contributed by atoms with Gasteiger partial charge in [-0.05, 0) is 25.3 Å². The molecule has 0 fully saturated rings. The molecule has 1 atom stereocenters. The van der Waals surface area contributed by atoms with E-state index in [0.29, 0.717) is 0 Å². The molecule has 1 heterocycles. The van der Waals surface area contributed by atoms with Gasteiger partial charge in [0.15, 0.2) is 0 Å². The van der Waals surface area contributed by atoms with Crippen molar-refractivity contribution in [3.05, 3.63) is 24.0 Å². The Morgan fingerprint density at radius 2 is 1.93 bits per heavy atom. The molecule has 82 valence electrons. The second-order valence-corrected chi connectivity index (χ2v) is 3.78. The summed E-state index contributed by atoms with van der Waals surface area (Å²) in [4.78, 5) is 1.59. The lowest BCUT2D eigenvalue weighted by atomic mass is 10.2. The molecule has 1 aliphatic heterocycles. The highest BCUT2D eigenvalue weighted by Gasteiger charge is 2.14. The van der Waals surface area contributed by atoms with E-state index in [2.05, 4.69) is 32.2 Å². The van der Waals surface area contributed by atoms with Gasteiger partial charge in [-0.15, -0.1) is 0 Å². The fraction of sp³-hybridized carbons (Fsp3) is 0.667. The number of halogens is 1. The molecule has 0 aromatic carbocycles. The van der Waals surface area contributed by atoms with Crippen molar-refractivity contribution in [2.75, 3.05) is 6.54 Å². The molecule has 0 saturated heterocycles. The van der Waals surface area contributed by atoms with E-state index in [4.69, 9.17) is 0 Å². The van der Waals surface area contributed by atoms with E-state index in [1.807, 2.05) is 0 Å². The molecule has 0 bridgehead atoms. The summed E-state index contributed by atoms with van der Waals surface area (Å²) < 4.78 is 0. The third kappa shape index (κ3) is 4.30. The van der Waals surface area contributed by atoms with E-state index in [-0.39, 0.29) is 12.4 Å². The Kier molecular flexibility index (Phi) is 7.92. The molecule has 14 heavy (non-hydrogen) atoms. The summed E-state index contributed by atoms with van der Waals surface area (Å²) >= 11 is 0. The first kappa shape index (κ1) is 13.7. The van der Waals surface area contributed by atoms with Gasteiger partial charge in [0, 0.05) is 12.5 Å². The minimum Gasteiger partial charge on any atom is -1.00 e.